The molecule has 1 atom stereocenters. The SMILES string of the molecule is COc1ccc(C(C(=O)N2CCCC2)n2cnc([N+](=O)[O-])c2)cc1. The van der Waals surface area contributed by atoms with Gasteiger partial charge in [-0.25, -0.2) is 0 Å². The third kappa shape index (κ3) is 3.08. The van der Waals surface area contributed by atoms with Gasteiger partial charge in [0.25, 0.3) is 0 Å². The summed E-state index contributed by atoms with van der Waals surface area (Å²) in [5, 5.41) is 10.9. The van der Waals surface area contributed by atoms with Gasteiger partial charge in [-0.3, -0.25) is 9.36 Å². The van der Waals surface area contributed by atoms with Gasteiger partial charge in [0.15, 0.2) is 0 Å². The summed E-state index contributed by atoms with van der Waals surface area (Å²) < 4.78 is 6.65. The van der Waals surface area contributed by atoms with E-state index in [1.165, 1.54) is 17.1 Å². The van der Waals surface area contributed by atoms with Crippen LogP contribution in [-0.2, 0) is 4.79 Å². The first-order valence-corrected chi connectivity index (χ1v) is 7.71. The van der Waals surface area contributed by atoms with Gasteiger partial charge in [-0.2, -0.15) is 0 Å². The van der Waals surface area contributed by atoms with E-state index in [4.69, 9.17) is 4.74 Å². The highest BCUT2D eigenvalue weighted by Gasteiger charge is 2.30. The van der Waals surface area contributed by atoms with Gasteiger partial charge < -0.3 is 19.8 Å². The Morgan fingerprint density at radius 2 is 1.96 bits per heavy atom. The fraction of sp³-hybridized carbons (Fsp3) is 0.375. The molecule has 0 spiro atoms. The number of hydrogen-bond acceptors (Lipinski definition) is 5. The van der Waals surface area contributed by atoms with Crippen LogP contribution in [0.3, 0.4) is 0 Å². The van der Waals surface area contributed by atoms with E-state index in [1.807, 2.05) is 0 Å². The van der Waals surface area contributed by atoms with Crippen LogP contribution in [0.5, 0.6) is 5.75 Å². The number of benzene rings is 1. The van der Waals surface area contributed by atoms with Crippen molar-refractivity contribution in [3.05, 3.63) is 52.5 Å². The Balaban J connectivity index is 1.98. The van der Waals surface area contributed by atoms with Gasteiger partial charge in [-0.1, -0.05) is 12.1 Å². The number of likely N-dealkylation sites (tertiary alicyclic amines) is 1. The minimum atomic E-state index is -0.671. The van der Waals surface area contributed by atoms with E-state index in [-0.39, 0.29) is 11.7 Å². The summed E-state index contributed by atoms with van der Waals surface area (Å²) in [7, 11) is 1.57. The highest BCUT2D eigenvalue weighted by Crippen LogP contribution is 2.26. The van der Waals surface area contributed by atoms with Gasteiger partial charge in [0.2, 0.25) is 12.2 Å². The van der Waals surface area contributed by atoms with E-state index in [0.717, 1.165) is 18.4 Å². The largest absolute Gasteiger partial charge is 0.497 e. The van der Waals surface area contributed by atoms with Gasteiger partial charge in [0, 0.05) is 13.1 Å². The van der Waals surface area contributed by atoms with Crippen molar-refractivity contribution in [1.29, 1.82) is 0 Å². The zero-order chi connectivity index (χ0) is 17.1. The van der Waals surface area contributed by atoms with E-state index >= 15 is 0 Å². The molecule has 1 aromatic carbocycles. The van der Waals surface area contributed by atoms with Crippen molar-refractivity contribution in [2.45, 2.75) is 18.9 Å². The van der Waals surface area contributed by atoms with Crippen LogP contribution < -0.4 is 4.74 Å². The number of hydrogen-bond donors (Lipinski definition) is 0. The number of rotatable bonds is 5. The van der Waals surface area contributed by atoms with Crippen molar-refractivity contribution in [3.8, 4) is 5.75 Å². The molecular formula is C16H18N4O4. The zero-order valence-corrected chi connectivity index (χ0v) is 13.3. The van der Waals surface area contributed by atoms with Crippen LogP contribution in [0.2, 0.25) is 0 Å². The van der Waals surface area contributed by atoms with Crippen molar-refractivity contribution in [3.63, 3.8) is 0 Å². The number of nitrogens with zero attached hydrogens (tertiary/aromatic N) is 4. The lowest BCUT2D eigenvalue weighted by Crippen LogP contribution is -2.35. The van der Waals surface area contributed by atoms with Gasteiger partial charge in [0.05, 0.1) is 7.11 Å². The molecule has 1 unspecified atom stereocenters. The van der Waals surface area contributed by atoms with Crippen LogP contribution in [-0.4, -0.2) is 45.5 Å². The maximum atomic E-state index is 13.0. The molecule has 1 aliphatic rings. The summed E-state index contributed by atoms with van der Waals surface area (Å²) in [6.45, 7) is 1.42. The average molecular weight is 330 g/mol. The first-order chi connectivity index (χ1) is 11.6. The molecule has 0 N–H and O–H groups in total. The Labute approximate surface area is 138 Å². The number of amides is 1. The molecule has 2 heterocycles. The molecule has 24 heavy (non-hydrogen) atoms. The Kier molecular flexibility index (Phi) is 4.45. The number of carbonyl (C=O) groups is 1. The normalized spacial score (nSPS) is 15.3. The lowest BCUT2D eigenvalue weighted by molar-refractivity contribution is -0.389. The summed E-state index contributed by atoms with van der Waals surface area (Å²) in [6.07, 6.45) is 4.58. The Morgan fingerprint density at radius 3 is 2.50 bits per heavy atom. The molecule has 0 bridgehead atoms. The minimum absolute atomic E-state index is 0.0787. The molecule has 8 nitrogen and oxygen atoms in total. The number of nitro groups is 1. The maximum absolute atomic E-state index is 13.0. The lowest BCUT2D eigenvalue weighted by atomic mass is 10.1. The van der Waals surface area contributed by atoms with Crippen molar-refractivity contribution < 1.29 is 14.5 Å². The Bertz CT molecular complexity index is 735. The topological polar surface area (TPSA) is 90.5 Å². The zero-order valence-electron chi connectivity index (χ0n) is 13.3. The van der Waals surface area contributed by atoms with Crippen molar-refractivity contribution in [2.75, 3.05) is 20.2 Å². The second kappa shape index (κ2) is 6.69. The number of methoxy groups -OCH3 is 1. The fourth-order valence-electron chi connectivity index (χ4n) is 2.90. The molecule has 3 rings (SSSR count). The molecule has 126 valence electrons. The summed E-state index contributed by atoms with van der Waals surface area (Å²) >= 11 is 0. The van der Waals surface area contributed by atoms with E-state index in [9.17, 15) is 14.9 Å². The van der Waals surface area contributed by atoms with Crippen LogP contribution in [0, 0.1) is 10.1 Å². The predicted octanol–water partition coefficient (Wildman–Crippen LogP) is 2.01. The predicted molar refractivity (Wildman–Crippen MR) is 85.8 cm³/mol. The molecule has 8 heteroatoms. The number of aromatic nitrogens is 2. The monoisotopic (exact) mass is 330 g/mol. The highest BCUT2D eigenvalue weighted by atomic mass is 16.6. The fourth-order valence-corrected chi connectivity index (χ4v) is 2.90. The Morgan fingerprint density at radius 1 is 1.29 bits per heavy atom. The molecule has 1 aromatic heterocycles. The molecule has 2 aromatic rings. The quantitative estimate of drug-likeness (QED) is 0.618. The van der Waals surface area contributed by atoms with Crippen LogP contribution in [0.15, 0.2) is 36.8 Å². The van der Waals surface area contributed by atoms with Crippen LogP contribution in [0.4, 0.5) is 5.82 Å². The van der Waals surface area contributed by atoms with Crippen LogP contribution in [0.25, 0.3) is 0 Å². The molecule has 1 fully saturated rings. The van der Waals surface area contributed by atoms with Crippen molar-refractivity contribution in [1.82, 2.24) is 14.5 Å². The number of ether oxygens (including phenoxy) is 1. The summed E-state index contributed by atoms with van der Waals surface area (Å²) in [6, 6.07) is 6.46. The standard InChI is InChI=1S/C16H18N4O4/c1-24-13-6-4-12(5-7-13)15(16(21)18-8-2-3-9-18)19-10-14(17-11-19)20(22)23/h4-7,10-11,15H,2-3,8-9H2,1H3. The molecule has 1 aliphatic heterocycles. The summed E-state index contributed by atoms with van der Waals surface area (Å²) in [5.74, 6) is 0.329. The highest BCUT2D eigenvalue weighted by molar-refractivity contribution is 5.84. The van der Waals surface area contributed by atoms with Crippen molar-refractivity contribution >= 4 is 11.7 Å². The van der Waals surface area contributed by atoms with Gasteiger partial charge in [-0.15, -0.1) is 0 Å². The molecular weight excluding hydrogens is 312 g/mol. The van der Waals surface area contributed by atoms with E-state index < -0.39 is 11.0 Å². The summed E-state index contributed by atoms with van der Waals surface area (Å²) in [4.78, 5) is 28.9. The van der Waals surface area contributed by atoms with E-state index in [1.54, 1.807) is 36.3 Å². The smallest absolute Gasteiger partial charge is 0.381 e. The molecule has 1 amide bonds. The van der Waals surface area contributed by atoms with Gasteiger partial charge in [0.1, 0.15) is 18.0 Å². The lowest BCUT2D eigenvalue weighted by Gasteiger charge is -2.24. The van der Waals surface area contributed by atoms with Crippen LogP contribution in [0.1, 0.15) is 24.4 Å². The molecule has 0 radical (unpaired) electrons. The second-order valence-corrected chi connectivity index (χ2v) is 5.64. The Hall–Kier alpha value is -2.90. The number of imidazole rings is 1. The molecule has 0 saturated carbocycles. The second-order valence-electron chi connectivity index (χ2n) is 5.64. The first kappa shape index (κ1) is 16.0. The third-order valence-electron chi connectivity index (χ3n) is 4.16. The first-order valence-electron chi connectivity index (χ1n) is 7.71. The summed E-state index contributed by atoms with van der Waals surface area (Å²) in [5.41, 5.74) is 0.736. The van der Waals surface area contributed by atoms with E-state index in [0.29, 0.717) is 18.8 Å². The minimum Gasteiger partial charge on any atom is -0.497 e. The maximum Gasteiger partial charge on any atom is 0.381 e. The number of carbonyl (C=O) groups excluding carboxylic acids is 1. The molecule has 1 saturated heterocycles. The van der Waals surface area contributed by atoms with Gasteiger partial charge >= 0.3 is 5.82 Å². The third-order valence-corrected chi connectivity index (χ3v) is 4.16. The van der Waals surface area contributed by atoms with Crippen molar-refractivity contribution in [2.24, 2.45) is 0 Å². The molecule has 0 aliphatic carbocycles. The van der Waals surface area contributed by atoms with Crippen LogP contribution >= 0.6 is 0 Å². The van der Waals surface area contributed by atoms with Gasteiger partial charge in [-0.05, 0) is 40.4 Å². The van der Waals surface area contributed by atoms with E-state index in [2.05, 4.69) is 4.98 Å². The average Bonchev–Trinajstić information content (AvgIpc) is 3.27.